The van der Waals surface area contributed by atoms with Crippen LogP contribution in [0.3, 0.4) is 0 Å². The van der Waals surface area contributed by atoms with Crippen molar-refractivity contribution in [3.05, 3.63) is 30.1 Å². The maximum absolute atomic E-state index is 11.2. The van der Waals surface area contributed by atoms with Crippen LogP contribution < -0.4 is 5.32 Å². The van der Waals surface area contributed by atoms with Crippen molar-refractivity contribution in [3.8, 4) is 0 Å². The van der Waals surface area contributed by atoms with Gasteiger partial charge in [0, 0.05) is 35.9 Å². The van der Waals surface area contributed by atoms with Crippen molar-refractivity contribution in [2.45, 2.75) is 25.9 Å². The molecule has 1 aromatic carbocycles. The molecule has 3 unspecified atom stereocenters. The SMILES string of the molecule is CC(CS(C)=O)NC(C)c1nc2ccccc2n1C. The molecule has 0 radical (unpaired) electrons. The molecule has 0 spiro atoms. The monoisotopic (exact) mass is 279 g/mol. The fourth-order valence-electron chi connectivity index (χ4n) is 2.45. The number of hydrogen-bond acceptors (Lipinski definition) is 3. The number of imidazole rings is 1. The van der Waals surface area contributed by atoms with Crippen LogP contribution in [0.25, 0.3) is 11.0 Å². The molecular weight excluding hydrogens is 258 g/mol. The number of nitrogens with one attached hydrogen (secondary N) is 1. The highest BCUT2D eigenvalue weighted by molar-refractivity contribution is 7.84. The summed E-state index contributed by atoms with van der Waals surface area (Å²) < 4.78 is 13.3. The molecule has 104 valence electrons. The van der Waals surface area contributed by atoms with Gasteiger partial charge in [-0.1, -0.05) is 12.1 Å². The van der Waals surface area contributed by atoms with Gasteiger partial charge in [-0.05, 0) is 26.0 Å². The highest BCUT2D eigenvalue weighted by atomic mass is 32.2. The number of hydrogen-bond donors (Lipinski definition) is 1. The molecular formula is C14H21N3OS. The second-order valence-electron chi connectivity index (χ2n) is 5.05. The van der Waals surface area contributed by atoms with Gasteiger partial charge in [-0.2, -0.15) is 0 Å². The van der Waals surface area contributed by atoms with Crippen LogP contribution in [0.15, 0.2) is 24.3 Å². The van der Waals surface area contributed by atoms with E-state index in [0.29, 0.717) is 5.75 Å². The Labute approximate surface area is 116 Å². The van der Waals surface area contributed by atoms with E-state index in [0.717, 1.165) is 16.9 Å². The summed E-state index contributed by atoms with van der Waals surface area (Å²) in [6.07, 6.45) is 1.73. The number of fused-ring (bicyclic) bond motifs is 1. The van der Waals surface area contributed by atoms with E-state index in [-0.39, 0.29) is 12.1 Å². The first-order valence-electron chi connectivity index (χ1n) is 6.46. The summed E-state index contributed by atoms with van der Waals surface area (Å²) in [7, 11) is 1.25. The lowest BCUT2D eigenvalue weighted by Gasteiger charge is -2.19. The normalized spacial score (nSPS) is 16.4. The number of benzene rings is 1. The maximum Gasteiger partial charge on any atom is 0.126 e. The van der Waals surface area contributed by atoms with Crippen LogP contribution in [0, 0.1) is 0 Å². The van der Waals surface area contributed by atoms with Crippen molar-refractivity contribution in [1.29, 1.82) is 0 Å². The molecule has 0 aliphatic rings. The highest BCUT2D eigenvalue weighted by Crippen LogP contribution is 2.19. The predicted molar refractivity (Wildman–Crippen MR) is 80.7 cm³/mol. The first-order chi connectivity index (χ1) is 8.99. The van der Waals surface area contributed by atoms with Crippen molar-refractivity contribution >= 4 is 21.8 Å². The molecule has 0 fully saturated rings. The van der Waals surface area contributed by atoms with Gasteiger partial charge in [-0.15, -0.1) is 0 Å². The average molecular weight is 279 g/mol. The van der Waals surface area contributed by atoms with E-state index >= 15 is 0 Å². The minimum Gasteiger partial charge on any atom is -0.330 e. The molecule has 0 aliphatic carbocycles. The molecule has 1 heterocycles. The zero-order valence-corrected chi connectivity index (χ0v) is 12.7. The average Bonchev–Trinajstić information content (AvgIpc) is 2.66. The minimum atomic E-state index is -0.778. The van der Waals surface area contributed by atoms with Gasteiger partial charge < -0.3 is 9.88 Å². The zero-order valence-electron chi connectivity index (χ0n) is 11.9. The fraction of sp³-hybridized carbons (Fsp3) is 0.500. The fourth-order valence-corrected chi connectivity index (χ4v) is 3.25. The molecule has 1 N–H and O–H groups in total. The maximum atomic E-state index is 11.2. The van der Waals surface area contributed by atoms with Crippen molar-refractivity contribution in [3.63, 3.8) is 0 Å². The lowest BCUT2D eigenvalue weighted by molar-refractivity contribution is 0.481. The van der Waals surface area contributed by atoms with Crippen LogP contribution in [0.4, 0.5) is 0 Å². The minimum absolute atomic E-state index is 0.135. The molecule has 2 aromatic rings. The standard InChI is InChI=1S/C14H21N3OS/c1-10(9-19(4)18)15-11(2)14-16-12-7-5-6-8-13(12)17(14)3/h5-8,10-11,15H,9H2,1-4H3. The topological polar surface area (TPSA) is 46.9 Å². The largest absolute Gasteiger partial charge is 0.330 e. The summed E-state index contributed by atoms with van der Waals surface area (Å²) in [5.74, 6) is 1.67. The molecule has 5 heteroatoms. The molecule has 0 bridgehead atoms. The number of aromatic nitrogens is 2. The Bertz CT molecular complexity index is 593. The van der Waals surface area contributed by atoms with Crippen LogP contribution in [0.5, 0.6) is 0 Å². The van der Waals surface area contributed by atoms with Crippen molar-refractivity contribution in [2.75, 3.05) is 12.0 Å². The zero-order chi connectivity index (χ0) is 14.0. The van der Waals surface area contributed by atoms with Crippen molar-refractivity contribution in [2.24, 2.45) is 7.05 Å². The molecule has 0 amide bonds. The molecule has 19 heavy (non-hydrogen) atoms. The summed E-state index contributed by atoms with van der Waals surface area (Å²) in [5, 5.41) is 3.45. The predicted octanol–water partition coefficient (Wildman–Crippen LogP) is 1.99. The van der Waals surface area contributed by atoms with Crippen molar-refractivity contribution < 1.29 is 4.21 Å². The van der Waals surface area contributed by atoms with Crippen molar-refractivity contribution in [1.82, 2.24) is 14.9 Å². The first kappa shape index (κ1) is 14.2. The third-order valence-electron chi connectivity index (χ3n) is 3.23. The number of aryl methyl sites for hydroxylation is 1. The summed E-state index contributed by atoms with van der Waals surface area (Å²) >= 11 is 0. The van der Waals surface area contributed by atoms with Crippen LogP contribution >= 0.6 is 0 Å². The van der Waals surface area contributed by atoms with E-state index in [1.54, 1.807) is 6.26 Å². The number of nitrogens with zero attached hydrogens (tertiary/aromatic N) is 2. The lowest BCUT2D eigenvalue weighted by atomic mass is 10.2. The van der Waals surface area contributed by atoms with E-state index in [9.17, 15) is 4.21 Å². The van der Waals surface area contributed by atoms with Crippen LogP contribution in [-0.4, -0.2) is 31.8 Å². The lowest BCUT2D eigenvalue weighted by Crippen LogP contribution is -2.34. The Morgan fingerprint density at radius 3 is 2.68 bits per heavy atom. The second kappa shape index (κ2) is 5.84. The van der Waals surface area contributed by atoms with E-state index in [4.69, 9.17) is 0 Å². The van der Waals surface area contributed by atoms with E-state index in [1.165, 1.54) is 0 Å². The molecule has 2 rings (SSSR count). The van der Waals surface area contributed by atoms with Gasteiger partial charge in [-0.3, -0.25) is 4.21 Å². The van der Waals surface area contributed by atoms with Gasteiger partial charge in [0.15, 0.2) is 0 Å². The Hall–Kier alpha value is -1.20. The second-order valence-corrected chi connectivity index (χ2v) is 6.53. The van der Waals surface area contributed by atoms with Crippen LogP contribution in [0.1, 0.15) is 25.7 Å². The van der Waals surface area contributed by atoms with E-state index < -0.39 is 10.8 Å². The number of rotatable bonds is 5. The Kier molecular flexibility index (Phi) is 4.37. The molecule has 0 aliphatic heterocycles. The third-order valence-corrected chi connectivity index (χ3v) is 4.20. The first-order valence-corrected chi connectivity index (χ1v) is 8.19. The quantitative estimate of drug-likeness (QED) is 0.910. The summed E-state index contributed by atoms with van der Waals surface area (Å²) in [6.45, 7) is 4.15. The molecule has 0 saturated heterocycles. The van der Waals surface area contributed by atoms with E-state index in [2.05, 4.69) is 34.8 Å². The van der Waals surface area contributed by atoms with Gasteiger partial charge in [0.05, 0.1) is 17.1 Å². The van der Waals surface area contributed by atoms with Gasteiger partial charge in [0.2, 0.25) is 0 Å². The summed E-state index contributed by atoms with van der Waals surface area (Å²) in [4.78, 5) is 4.67. The van der Waals surface area contributed by atoms with Gasteiger partial charge >= 0.3 is 0 Å². The summed E-state index contributed by atoms with van der Waals surface area (Å²) in [6, 6.07) is 8.46. The molecule has 1 aromatic heterocycles. The van der Waals surface area contributed by atoms with Gasteiger partial charge in [0.25, 0.3) is 0 Å². The Morgan fingerprint density at radius 2 is 2.05 bits per heavy atom. The van der Waals surface area contributed by atoms with Gasteiger partial charge in [-0.25, -0.2) is 4.98 Å². The smallest absolute Gasteiger partial charge is 0.126 e. The van der Waals surface area contributed by atoms with E-state index in [1.807, 2.05) is 25.2 Å². The Balaban J connectivity index is 2.19. The third kappa shape index (κ3) is 3.22. The summed E-state index contributed by atoms with van der Waals surface area (Å²) in [5.41, 5.74) is 2.15. The highest BCUT2D eigenvalue weighted by Gasteiger charge is 2.16. The molecule has 4 nitrogen and oxygen atoms in total. The molecule has 0 saturated carbocycles. The van der Waals surface area contributed by atoms with Crippen LogP contribution in [0.2, 0.25) is 0 Å². The number of para-hydroxylation sites is 2. The van der Waals surface area contributed by atoms with Crippen LogP contribution in [-0.2, 0) is 17.8 Å². The Morgan fingerprint density at radius 1 is 1.37 bits per heavy atom. The van der Waals surface area contributed by atoms with Gasteiger partial charge in [0.1, 0.15) is 5.82 Å². The molecule has 3 atom stereocenters.